The van der Waals surface area contributed by atoms with Gasteiger partial charge < -0.3 is 10.2 Å². The second-order valence-electron chi connectivity index (χ2n) is 6.42. The van der Waals surface area contributed by atoms with E-state index >= 15 is 0 Å². The Kier molecular flexibility index (Phi) is 4.97. The predicted octanol–water partition coefficient (Wildman–Crippen LogP) is 1.68. The van der Waals surface area contributed by atoms with Crippen molar-refractivity contribution in [2.24, 2.45) is 0 Å². The molecule has 1 fully saturated rings. The molecular weight excluding hydrogens is 302 g/mol. The van der Waals surface area contributed by atoms with Crippen molar-refractivity contribution >= 4 is 11.6 Å². The summed E-state index contributed by atoms with van der Waals surface area (Å²) in [5.74, 6) is 0.0263. The first kappa shape index (κ1) is 16.7. The van der Waals surface area contributed by atoms with Gasteiger partial charge in [-0.1, -0.05) is 18.2 Å². The van der Waals surface area contributed by atoms with Gasteiger partial charge in [-0.05, 0) is 33.0 Å². The summed E-state index contributed by atoms with van der Waals surface area (Å²) in [5.41, 5.74) is 3.60. The highest BCUT2D eigenvalue weighted by Crippen LogP contribution is 2.22. The molecule has 128 valence electrons. The molecule has 0 atom stereocenters. The highest BCUT2D eigenvalue weighted by Gasteiger charge is 2.19. The quantitative estimate of drug-likeness (QED) is 0.928. The summed E-state index contributed by atoms with van der Waals surface area (Å²) in [6.45, 7) is 8.24. The first-order valence-electron chi connectivity index (χ1n) is 8.37. The van der Waals surface area contributed by atoms with Gasteiger partial charge in [-0.25, -0.2) is 4.68 Å². The molecule has 6 nitrogen and oxygen atoms in total. The summed E-state index contributed by atoms with van der Waals surface area (Å²) in [6, 6.07) is 9.97. The maximum Gasteiger partial charge on any atom is 0.238 e. The van der Waals surface area contributed by atoms with Gasteiger partial charge >= 0.3 is 0 Å². The van der Waals surface area contributed by atoms with Crippen LogP contribution < -0.4 is 5.32 Å². The third-order valence-corrected chi connectivity index (χ3v) is 4.52. The number of para-hydroxylation sites is 1. The van der Waals surface area contributed by atoms with Crippen LogP contribution in [0.15, 0.2) is 30.3 Å². The van der Waals surface area contributed by atoms with Crippen LogP contribution >= 0.6 is 0 Å². The number of carbonyl (C=O) groups is 1. The SMILES string of the molecule is Cc1nn(-c2ccccc2)c(C)c1NC(=O)CN1CCN(C)CC1. The van der Waals surface area contributed by atoms with Gasteiger partial charge in [0, 0.05) is 26.2 Å². The Hall–Kier alpha value is -2.18. The normalized spacial score (nSPS) is 16.3. The van der Waals surface area contributed by atoms with Gasteiger partial charge in [0.15, 0.2) is 0 Å². The highest BCUT2D eigenvalue weighted by atomic mass is 16.2. The minimum absolute atomic E-state index is 0.0263. The second-order valence-corrected chi connectivity index (χ2v) is 6.42. The minimum atomic E-state index is 0.0263. The molecule has 1 aromatic carbocycles. The van der Waals surface area contributed by atoms with Gasteiger partial charge in [-0.2, -0.15) is 5.10 Å². The van der Waals surface area contributed by atoms with Gasteiger partial charge in [0.2, 0.25) is 5.91 Å². The van der Waals surface area contributed by atoms with E-state index in [9.17, 15) is 4.79 Å². The van der Waals surface area contributed by atoms with Crippen molar-refractivity contribution in [1.82, 2.24) is 19.6 Å². The first-order chi connectivity index (χ1) is 11.5. The van der Waals surface area contributed by atoms with Gasteiger partial charge in [-0.3, -0.25) is 9.69 Å². The summed E-state index contributed by atoms with van der Waals surface area (Å²) >= 11 is 0. The molecule has 0 radical (unpaired) electrons. The van der Waals surface area contributed by atoms with Crippen LogP contribution in [-0.2, 0) is 4.79 Å². The largest absolute Gasteiger partial charge is 0.322 e. The average Bonchev–Trinajstić information content (AvgIpc) is 2.86. The number of piperazine rings is 1. The zero-order valence-corrected chi connectivity index (χ0v) is 14.6. The number of anilines is 1. The predicted molar refractivity (Wildman–Crippen MR) is 95.6 cm³/mol. The van der Waals surface area contributed by atoms with E-state index in [4.69, 9.17) is 0 Å². The molecule has 1 saturated heterocycles. The molecule has 2 aromatic rings. The van der Waals surface area contributed by atoms with Crippen LogP contribution in [0.1, 0.15) is 11.4 Å². The molecule has 6 heteroatoms. The summed E-state index contributed by atoms with van der Waals surface area (Å²) in [6.07, 6.45) is 0. The number of hydrogen-bond donors (Lipinski definition) is 1. The standard InChI is InChI=1S/C18H25N5O/c1-14-18(15(2)23(20-14)16-7-5-4-6-8-16)19-17(24)13-22-11-9-21(3)10-12-22/h4-8H,9-13H2,1-3H3,(H,19,24). The molecule has 24 heavy (non-hydrogen) atoms. The van der Waals surface area contributed by atoms with Crippen molar-refractivity contribution in [3.63, 3.8) is 0 Å². The molecule has 1 amide bonds. The molecule has 1 aromatic heterocycles. The van der Waals surface area contributed by atoms with Gasteiger partial charge in [0.25, 0.3) is 0 Å². The van der Waals surface area contributed by atoms with Gasteiger partial charge in [0.05, 0.1) is 29.3 Å². The Morgan fingerprint density at radius 2 is 1.79 bits per heavy atom. The van der Waals surface area contributed by atoms with Crippen molar-refractivity contribution in [2.45, 2.75) is 13.8 Å². The zero-order chi connectivity index (χ0) is 17.1. The summed E-state index contributed by atoms with van der Waals surface area (Å²) in [4.78, 5) is 16.9. The molecule has 1 aliphatic heterocycles. The lowest BCUT2D eigenvalue weighted by Gasteiger charge is -2.31. The lowest BCUT2D eigenvalue weighted by Crippen LogP contribution is -2.47. The number of amides is 1. The van der Waals surface area contributed by atoms with Crippen molar-refractivity contribution < 1.29 is 4.79 Å². The molecule has 3 rings (SSSR count). The number of carbonyl (C=O) groups excluding carboxylic acids is 1. The second kappa shape index (κ2) is 7.15. The van der Waals surface area contributed by atoms with Crippen molar-refractivity contribution in [3.05, 3.63) is 41.7 Å². The molecule has 1 aliphatic rings. The Labute approximate surface area is 143 Å². The Balaban J connectivity index is 1.69. The molecule has 0 aliphatic carbocycles. The van der Waals surface area contributed by atoms with Crippen molar-refractivity contribution in [1.29, 1.82) is 0 Å². The maximum atomic E-state index is 12.4. The number of benzene rings is 1. The number of likely N-dealkylation sites (N-methyl/N-ethyl adjacent to an activating group) is 1. The summed E-state index contributed by atoms with van der Waals surface area (Å²) in [5, 5.41) is 7.62. The van der Waals surface area contributed by atoms with E-state index in [-0.39, 0.29) is 5.91 Å². The van der Waals surface area contributed by atoms with Crippen LogP contribution in [-0.4, -0.2) is 65.3 Å². The topological polar surface area (TPSA) is 53.4 Å². The van der Waals surface area contributed by atoms with E-state index in [1.165, 1.54) is 0 Å². The number of nitrogens with one attached hydrogen (secondary N) is 1. The van der Waals surface area contributed by atoms with E-state index in [1.54, 1.807) is 0 Å². The van der Waals surface area contributed by atoms with Crippen LogP contribution in [0, 0.1) is 13.8 Å². The summed E-state index contributed by atoms with van der Waals surface area (Å²) in [7, 11) is 2.11. The van der Waals surface area contributed by atoms with E-state index < -0.39 is 0 Å². The maximum absolute atomic E-state index is 12.4. The fourth-order valence-electron chi connectivity index (χ4n) is 3.03. The molecule has 0 unspecified atom stereocenters. The highest BCUT2D eigenvalue weighted by molar-refractivity contribution is 5.93. The Morgan fingerprint density at radius 1 is 1.12 bits per heavy atom. The van der Waals surface area contributed by atoms with Gasteiger partial charge in [-0.15, -0.1) is 0 Å². The number of nitrogens with zero attached hydrogens (tertiary/aromatic N) is 4. The monoisotopic (exact) mass is 327 g/mol. The smallest absolute Gasteiger partial charge is 0.238 e. The Morgan fingerprint density at radius 3 is 2.46 bits per heavy atom. The van der Waals surface area contributed by atoms with Crippen molar-refractivity contribution in [2.75, 3.05) is 45.1 Å². The van der Waals surface area contributed by atoms with Gasteiger partial charge in [0.1, 0.15) is 0 Å². The third-order valence-electron chi connectivity index (χ3n) is 4.52. The number of aromatic nitrogens is 2. The van der Waals surface area contributed by atoms with E-state index in [0.717, 1.165) is 48.9 Å². The fraction of sp³-hybridized carbons (Fsp3) is 0.444. The van der Waals surface area contributed by atoms with E-state index in [1.807, 2.05) is 48.9 Å². The van der Waals surface area contributed by atoms with Crippen LogP contribution in [0.4, 0.5) is 5.69 Å². The summed E-state index contributed by atoms with van der Waals surface area (Å²) < 4.78 is 1.88. The molecule has 0 spiro atoms. The average molecular weight is 327 g/mol. The van der Waals surface area contributed by atoms with Crippen LogP contribution in [0.3, 0.4) is 0 Å². The van der Waals surface area contributed by atoms with Crippen molar-refractivity contribution in [3.8, 4) is 5.69 Å². The van der Waals surface area contributed by atoms with Crippen LogP contribution in [0.25, 0.3) is 5.69 Å². The molecule has 0 saturated carbocycles. The molecule has 2 heterocycles. The third kappa shape index (κ3) is 3.66. The molecular formula is C18H25N5O. The number of rotatable bonds is 4. The van der Waals surface area contributed by atoms with E-state index in [2.05, 4.69) is 27.3 Å². The molecule has 0 bridgehead atoms. The lowest BCUT2D eigenvalue weighted by atomic mass is 10.2. The van der Waals surface area contributed by atoms with E-state index in [0.29, 0.717) is 6.54 Å². The zero-order valence-electron chi connectivity index (χ0n) is 14.6. The lowest BCUT2D eigenvalue weighted by molar-refractivity contribution is -0.117. The number of aryl methyl sites for hydroxylation is 1. The van der Waals surface area contributed by atoms with Crippen LogP contribution in [0.2, 0.25) is 0 Å². The fourth-order valence-corrected chi connectivity index (χ4v) is 3.03. The minimum Gasteiger partial charge on any atom is -0.322 e. The van der Waals surface area contributed by atoms with Crippen LogP contribution in [0.5, 0.6) is 0 Å². The Bertz CT molecular complexity index is 702. The molecule has 1 N–H and O–H groups in total. The number of hydrogen-bond acceptors (Lipinski definition) is 4. The first-order valence-corrected chi connectivity index (χ1v) is 8.37.